The zero-order valence-corrected chi connectivity index (χ0v) is 16.1. The molecular formula is C19H22O6S. The Hall–Kier alpha value is -2.38. The molecule has 0 aliphatic heterocycles. The molecule has 7 heteroatoms. The van der Waals surface area contributed by atoms with Crippen molar-refractivity contribution in [1.29, 1.82) is 0 Å². The van der Waals surface area contributed by atoms with E-state index in [2.05, 4.69) is 0 Å². The molecule has 0 radical (unpaired) electrons. The van der Waals surface area contributed by atoms with E-state index in [-0.39, 0.29) is 12.5 Å². The Balaban J connectivity index is 2.51. The smallest absolute Gasteiger partial charge is 0.342 e. The molecule has 0 heterocycles. The Morgan fingerprint density at radius 2 is 1.73 bits per heavy atom. The van der Waals surface area contributed by atoms with Crippen molar-refractivity contribution < 1.29 is 28.5 Å². The van der Waals surface area contributed by atoms with Crippen molar-refractivity contribution in [3.8, 4) is 17.2 Å². The van der Waals surface area contributed by atoms with Gasteiger partial charge in [0, 0.05) is 17.8 Å². The topological polar surface area (TPSA) is 63.2 Å². The summed E-state index contributed by atoms with van der Waals surface area (Å²) in [6.45, 7) is -0.0429. The van der Waals surface area contributed by atoms with Gasteiger partial charge in [-0.1, -0.05) is 18.2 Å². The summed E-state index contributed by atoms with van der Waals surface area (Å²) in [7, 11) is 5.84. The third kappa shape index (κ3) is 4.62. The molecule has 26 heavy (non-hydrogen) atoms. The minimum atomic E-state index is -0.513. The zero-order chi connectivity index (χ0) is 18.9. The highest BCUT2D eigenvalue weighted by molar-refractivity contribution is 7.98. The second-order valence-corrected chi connectivity index (χ2v) is 6.17. The van der Waals surface area contributed by atoms with Gasteiger partial charge in [-0.25, -0.2) is 4.79 Å². The van der Waals surface area contributed by atoms with Crippen LogP contribution in [0.4, 0.5) is 0 Å². The van der Waals surface area contributed by atoms with Gasteiger partial charge in [-0.15, -0.1) is 11.8 Å². The number of methoxy groups -OCH3 is 4. The van der Waals surface area contributed by atoms with Crippen molar-refractivity contribution in [1.82, 2.24) is 0 Å². The minimum Gasteiger partial charge on any atom is -0.493 e. The van der Waals surface area contributed by atoms with E-state index in [1.807, 2.05) is 30.3 Å². The van der Waals surface area contributed by atoms with E-state index in [0.717, 1.165) is 10.5 Å². The van der Waals surface area contributed by atoms with Crippen molar-refractivity contribution in [3.63, 3.8) is 0 Å². The predicted octanol–water partition coefficient (Wildman–Crippen LogP) is 3.77. The molecule has 0 atom stereocenters. The first-order valence-electron chi connectivity index (χ1n) is 7.82. The molecule has 0 saturated heterocycles. The first kappa shape index (κ1) is 19.9. The molecule has 0 bridgehead atoms. The Kier molecular flexibility index (Phi) is 7.62. The number of esters is 1. The third-order valence-electron chi connectivity index (χ3n) is 3.56. The summed E-state index contributed by atoms with van der Waals surface area (Å²) in [6, 6.07) is 11.7. The molecule has 2 aromatic carbocycles. The second kappa shape index (κ2) is 9.94. The van der Waals surface area contributed by atoms with E-state index in [0.29, 0.717) is 22.8 Å². The van der Waals surface area contributed by atoms with E-state index in [1.165, 1.54) is 28.4 Å². The standard InChI is InChI=1S/C19H22O6S/c1-21-12-25-18-16(19(20)24-4)13(10-15(22-2)17(18)23-3)11-26-14-8-6-5-7-9-14/h5-10H,11-12H2,1-4H3. The molecule has 0 aliphatic carbocycles. The van der Waals surface area contributed by atoms with Gasteiger partial charge in [0.05, 0.1) is 21.3 Å². The fourth-order valence-corrected chi connectivity index (χ4v) is 3.28. The van der Waals surface area contributed by atoms with Gasteiger partial charge >= 0.3 is 5.97 Å². The molecule has 0 N–H and O–H groups in total. The highest BCUT2D eigenvalue weighted by Gasteiger charge is 2.26. The van der Waals surface area contributed by atoms with Crippen molar-refractivity contribution >= 4 is 17.7 Å². The average Bonchev–Trinajstić information content (AvgIpc) is 2.69. The van der Waals surface area contributed by atoms with Crippen LogP contribution in [0.15, 0.2) is 41.3 Å². The number of thioether (sulfide) groups is 1. The zero-order valence-electron chi connectivity index (χ0n) is 15.2. The Bertz CT molecular complexity index is 733. The molecule has 0 aliphatic rings. The van der Waals surface area contributed by atoms with Crippen LogP contribution in [0.5, 0.6) is 17.2 Å². The summed E-state index contributed by atoms with van der Waals surface area (Å²) in [5.74, 6) is 1.04. The molecule has 0 spiro atoms. The van der Waals surface area contributed by atoms with Crippen molar-refractivity contribution in [2.45, 2.75) is 10.6 Å². The van der Waals surface area contributed by atoms with Crippen molar-refractivity contribution in [3.05, 3.63) is 47.5 Å². The lowest BCUT2D eigenvalue weighted by molar-refractivity contribution is 0.0444. The van der Waals surface area contributed by atoms with E-state index in [4.69, 9.17) is 23.7 Å². The lowest BCUT2D eigenvalue weighted by Gasteiger charge is -2.19. The van der Waals surface area contributed by atoms with Crippen LogP contribution in [0.25, 0.3) is 0 Å². The van der Waals surface area contributed by atoms with Gasteiger partial charge in [0.15, 0.2) is 18.3 Å². The molecule has 0 fully saturated rings. The molecule has 140 valence electrons. The van der Waals surface area contributed by atoms with Gasteiger partial charge in [-0.3, -0.25) is 0 Å². The maximum Gasteiger partial charge on any atom is 0.342 e. The number of hydrogen-bond acceptors (Lipinski definition) is 7. The summed E-state index contributed by atoms with van der Waals surface area (Å²) >= 11 is 1.59. The number of carbonyl (C=O) groups excluding carboxylic acids is 1. The molecule has 0 saturated carbocycles. The first-order valence-corrected chi connectivity index (χ1v) is 8.80. The van der Waals surface area contributed by atoms with Gasteiger partial charge in [0.1, 0.15) is 5.56 Å². The average molecular weight is 378 g/mol. The van der Waals surface area contributed by atoms with Crippen LogP contribution in [0.3, 0.4) is 0 Å². The predicted molar refractivity (Wildman–Crippen MR) is 99.4 cm³/mol. The monoisotopic (exact) mass is 378 g/mol. The number of carbonyl (C=O) groups is 1. The van der Waals surface area contributed by atoms with E-state index < -0.39 is 5.97 Å². The maximum absolute atomic E-state index is 12.4. The van der Waals surface area contributed by atoms with Crippen LogP contribution in [-0.2, 0) is 15.2 Å². The molecule has 6 nitrogen and oxygen atoms in total. The van der Waals surface area contributed by atoms with Crippen molar-refractivity contribution in [2.24, 2.45) is 0 Å². The molecule has 2 aromatic rings. The van der Waals surface area contributed by atoms with E-state index in [9.17, 15) is 4.79 Å². The van der Waals surface area contributed by atoms with E-state index in [1.54, 1.807) is 17.8 Å². The van der Waals surface area contributed by atoms with Crippen LogP contribution in [-0.4, -0.2) is 41.2 Å². The highest BCUT2D eigenvalue weighted by atomic mass is 32.2. The Morgan fingerprint density at radius 3 is 2.31 bits per heavy atom. The maximum atomic E-state index is 12.4. The van der Waals surface area contributed by atoms with Gasteiger partial charge in [0.25, 0.3) is 0 Å². The summed E-state index contributed by atoms with van der Waals surface area (Å²) in [6.07, 6.45) is 0. The number of hydrogen-bond donors (Lipinski definition) is 0. The number of rotatable bonds is 9. The van der Waals surface area contributed by atoms with E-state index >= 15 is 0 Å². The fraction of sp³-hybridized carbons (Fsp3) is 0.316. The Morgan fingerprint density at radius 1 is 1.00 bits per heavy atom. The lowest BCUT2D eigenvalue weighted by Crippen LogP contribution is -2.12. The van der Waals surface area contributed by atoms with Gasteiger partial charge < -0.3 is 23.7 Å². The van der Waals surface area contributed by atoms with Gasteiger partial charge in [0.2, 0.25) is 5.75 Å². The van der Waals surface area contributed by atoms with Crippen LogP contribution in [0.2, 0.25) is 0 Å². The van der Waals surface area contributed by atoms with Crippen LogP contribution in [0.1, 0.15) is 15.9 Å². The SMILES string of the molecule is COCOc1c(OC)c(OC)cc(CSc2ccccc2)c1C(=O)OC. The molecule has 0 amide bonds. The lowest BCUT2D eigenvalue weighted by atomic mass is 10.1. The largest absolute Gasteiger partial charge is 0.493 e. The molecule has 0 aromatic heterocycles. The first-order chi connectivity index (χ1) is 12.7. The molecule has 2 rings (SSSR count). The molecular weight excluding hydrogens is 356 g/mol. The number of ether oxygens (including phenoxy) is 5. The summed E-state index contributed by atoms with van der Waals surface area (Å²) < 4.78 is 26.4. The third-order valence-corrected chi connectivity index (χ3v) is 4.62. The van der Waals surface area contributed by atoms with Crippen LogP contribution >= 0.6 is 11.8 Å². The van der Waals surface area contributed by atoms with Gasteiger partial charge in [-0.05, 0) is 23.8 Å². The summed E-state index contributed by atoms with van der Waals surface area (Å²) in [5.41, 5.74) is 1.01. The van der Waals surface area contributed by atoms with Crippen molar-refractivity contribution in [2.75, 3.05) is 35.2 Å². The number of benzene rings is 2. The molecule has 0 unspecified atom stereocenters. The summed E-state index contributed by atoms with van der Waals surface area (Å²) in [5, 5.41) is 0. The van der Waals surface area contributed by atoms with Gasteiger partial charge in [-0.2, -0.15) is 0 Å². The Labute approximate surface area is 157 Å². The van der Waals surface area contributed by atoms with Crippen LogP contribution < -0.4 is 14.2 Å². The normalized spacial score (nSPS) is 10.3. The quantitative estimate of drug-likeness (QED) is 0.374. The highest BCUT2D eigenvalue weighted by Crippen LogP contribution is 2.44. The second-order valence-electron chi connectivity index (χ2n) is 5.12. The minimum absolute atomic E-state index is 0.0429. The summed E-state index contributed by atoms with van der Waals surface area (Å²) in [4.78, 5) is 13.5. The van der Waals surface area contributed by atoms with Crippen LogP contribution in [0, 0.1) is 0 Å². The fourth-order valence-electron chi connectivity index (χ4n) is 2.39.